The van der Waals surface area contributed by atoms with Crippen LogP contribution in [-0.2, 0) is 19.6 Å². The lowest BCUT2D eigenvalue weighted by Crippen LogP contribution is -2.33. The van der Waals surface area contributed by atoms with Crippen molar-refractivity contribution >= 4 is 5.91 Å². The second-order valence-corrected chi connectivity index (χ2v) is 9.87. The predicted molar refractivity (Wildman–Crippen MR) is 131 cm³/mol. The molecule has 1 amide bonds. The van der Waals surface area contributed by atoms with Crippen molar-refractivity contribution in [2.24, 2.45) is 5.92 Å². The maximum atomic E-state index is 12.6. The molecule has 0 spiro atoms. The lowest BCUT2D eigenvalue weighted by atomic mass is 9.99. The number of nitrogens with one attached hydrogen (secondary N) is 1. The summed E-state index contributed by atoms with van der Waals surface area (Å²) >= 11 is 0. The summed E-state index contributed by atoms with van der Waals surface area (Å²) < 4.78 is 0. The molecule has 0 bridgehead atoms. The van der Waals surface area contributed by atoms with E-state index in [1.165, 1.54) is 75.8 Å². The van der Waals surface area contributed by atoms with Gasteiger partial charge in [-0.15, -0.1) is 0 Å². The average molecular weight is 434 g/mol. The second-order valence-electron chi connectivity index (χ2n) is 9.87. The molecule has 2 aliphatic heterocycles. The molecule has 1 N–H and O–H groups in total. The summed E-state index contributed by atoms with van der Waals surface area (Å²) in [5.74, 6) is 0.805. The van der Waals surface area contributed by atoms with E-state index >= 15 is 0 Å². The zero-order chi connectivity index (χ0) is 22.2. The van der Waals surface area contributed by atoms with Crippen LogP contribution in [0.2, 0.25) is 0 Å². The van der Waals surface area contributed by atoms with Crippen molar-refractivity contribution in [2.45, 2.75) is 65.1 Å². The zero-order valence-corrected chi connectivity index (χ0v) is 19.7. The minimum absolute atomic E-state index is 0.00213. The Morgan fingerprint density at radius 3 is 2.00 bits per heavy atom. The highest BCUT2D eigenvalue weighted by Gasteiger charge is 2.16. The number of likely N-dealkylation sites (tertiary alicyclic amines) is 2. The summed E-state index contributed by atoms with van der Waals surface area (Å²) in [7, 11) is 0. The van der Waals surface area contributed by atoms with E-state index in [4.69, 9.17) is 0 Å². The van der Waals surface area contributed by atoms with Gasteiger partial charge in [-0.3, -0.25) is 14.6 Å². The molecule has 4 heteroatoms. The van der Waals surface area contributed by atoms with Crippen LogP contribution in [0.5, 0.6) is 0 Å². The van der Waals surface area contributed by atoms with Crippen LogP contribution in [0.3, 0.4) is 0 Å². The van der Waals surface area contributed by atoms with Crippen LogP contribution >= 0.6 is 0 Å². The van der Waals surface area contributed by atoms with Gasteiger partial charge in [0, 0.05) is 31.7 Å². The van der Waals surface area contributed by atoms with E-state index in [-0.39, 0.29) is 5.91 Å². The highest BCUT2D eigenvalue weighted by atomic mass is 16.1. The van der Waals surface area contributed by atoms with Crippen molar-refractivity contribution in [2.75, 3.05) is 26.2 Å². The first-order valence-corrected chi connectivity index (χ1v) is 12.6. The van der Waals surface area contributed by atoms with Gasteiger partial charge in [0.2, 0.25) is 0 Å². The molecule has 0 aliphatic carbocycles. The Labute approximate surface area is 194 Å². The SMILES string of the molecule is CC1CCCN(Cc2ccc(CNC(=O)c3ccc(CN4CCCCCC4)cc3)cc2)C1. The molecule has 4 rings (SSSR count). The number of benzene rings is 2. The Morgan fingerprint density at radius 2 is 1.34 bits per heavy atom. The number of hydrogen-bond acceptors (Lipinski definition) is 3. The summed E-state index contributed by atoms with van der Waals surface area (Å²) in [5, 5.41) is 3.07. The van der Waals surface area contributed by atoms with Gasteiger partial charge in [0.1, 0.15) is 0 Å². The maximum Gasteiger partial charge on any atom is 0.251 e. The van der Waals surface area contributed by atoms with Crippen LogP contribution < -0.4 is 5.32 Å². The van der Waals surface area contributed by atoms with E-state index in [1.54, 1.807) is 0 Å². The second kappa shape index (κ2) is 11.6. The van der Waals surface area contributed by atoms with Gasteiger partial charge >= 0.3 is 0 Å². The van der Waals surface area contributed by atoms with Gasteiger partial charge in [-0.25, -0.2) is 0 Å². The van der Waals surface area contributed by atoms with Gasteiger partial charge in [0.25, 0.3) is 5.91 Å². The number of hydrogen-bond donors (Lipinski definition) is 1. The molecule has 1 unspecified atom stereocenters. The third kappa shape index (κ3) is 6.91. The third-order valence-corrected chi connectivity index (χ3v) is 6.94. The van der Waals surface area contributed by atoms with Gasteiger partial charge in [-0.2, -0.15) is 0 Å². The van der Waals surface area contributed by atoms with Gasteiger partial charge in [-0.05, 0) is 80.1 Å². The molecule has 4 nitrogen and oxygen atoms in total. The van der Waals surface area contributed by atoms with Crippen LogP contribution in [0.1, 0.15) is 72.5 Å². The van der Waals surface area contributed by atoms with E-state index in [1.807, 2.05) is 12.1 Å². The predicted octanol–water partition coefficient (Wildman–Crippen LogP) is 5.22. The molecule has 1 atom stereocenters. The Bertz CT molecular complexity index is 838. The van der Waals surface area contributed by atoms with E-state index < -0.39 is 0 Å². The fraction of sp³-hybridized carbons (Fsp3) is 0.536. The number of rotatable bonds is 7. The molecule has 2 aromatic rings. The van der Waals surface area contributed by atoms with Gasteiger partial charge in [-0.1, -0.05) is 56.2 Å². The first-order chi connectivity index (χ1) is 15.7. The monoisotopic (exact) mass is 433 g/mol. The van der Waals surface area contributed by atoms with Gasteiger partial charge < -0.3 is 5.32 Å². The van der Waals surface area contributed by atoms with E-state index in [0.717, 1.165) is 30.1 Å². The number of carbonyl (C=O) groups excluding carboxylic acids is 1. The summed E-state index contributed by atoms with van der Waals surface area (Å²) in [6, 6.07) is 16.8. The third-order valence-electron chi connectivity index (χ3n) is 6.94. The van der Waals surface area contributed by atoms with Crippen molar-refractivity contribution in [1.82, 2.24) is 15.1 Å². The molecule has 2 aromatic carbocycles. The summed E-state index contributed by atoms with van der Waals surface area (Å²) in [6.07, 6.45) is 7.99. The van der Waals surface area contributed by atoms with Gasteiger partial charge in [0.15, 0.2) is 0 Å². The first kappa shape index (κ1) is 23.0. The molecule has 2 fully saturated rings. The smallest absolute Gasteiger partial charge is 0.251 e. The molecule has 0 aromatic heterocycles. The fourth-order valence-electron chi connectivity index (χ4n) is 5.05. The Kier molecular flexibility index (Phi) is 8.36. The number of amides is 1. The highest BCUT2D eigenvalue weighted by molar-refractivity contribution is 5.94. The molecule has 172 valence electrons. The normalized spacial score (nSPS) is 20.6. The molecule has 32 heavy (non-hydrogen) atoms. The molecule has 2 saturated heterocycles. The average Bonchev–Trinajstić information content (AvgIpc) is 3.08. The highest BCUT2D eigenvalue weighted by Crippen LogP contribution is 2.18. The van der Waals surface area contributed by atoms with Crippen LogP contribution in [0, 0.1) is 5.92 Å². The lowest BCUT2D eigenvalue weighted by Gasteiger charge is -2.30. The molecule has 2 aliphatic rings. The van der Waals surface area contributed by atoms with Crippen molar-refractivity contribution in [1.29, 1.82) is 0 Å². The Morgan fingerprint density at radius 1 is 0.781 bits per heavy atom. The Hall–Kier alpha value is -2.17. The number of nitrogens with zero attached hydrogens (tertiary/aromatic N) is 2. The number of carbonyl (C=O) groups is 1. The summed E-state index contributed by atoms with van der Waals surface area (Å²) in [5.41, 5.74) is 4.53. The summed E-state index contributed by atoms with van der Waals surface area (Å²) in [6.45, 7) is 9.73. The number of piperidine rings is 1. The lowest BCUT2D eigenvalue weighted by molar-refractivity contribution is 0.0951. The molecular weight excluding hydrogens is 394 g/mol. The minimum atomic E-state index is -0.00213. The van der Waals surface area contributed by atoms with Gasteiger partial charge in [0.05, 0.1) is 0 Å². The molecule has 2 heterocycles. The zero-order valence-electron chi connectivity index (χ0n) is 19.7. The largest absolute Gasteiger partial charge is 0.348 e. The van der Waals surface area contributed by atoms with E-state index in [2.05, 4.69) is 58.4 Å². The quantitative estimate of drug-likeness (QED) is 0.650. The topological polar surface area (TPSA) is 35.6 Å². The summed E-state index contributed by atoms with van der Waals surface area (Å²) in [4.78, 5) is 17.7. The maximum absolute atomic E-state index is 12.6. The van der Waals surface area contributed by atoms with E-state index in [9.17, 15) is 4.79 Å². The van der Waals surface area contributed by atoms with Crippen LogP contribution in [0.4, 0.5) is 0 Å². The van der Waals surface area contributed by atoms with Crippen LogP contribution in [0.25, 0.3) is 0 Å². The van der Waals surface area contributed by atoms with Crippen LogP contribution in [0.15, 0.2) is 48.5 Å². The Balaban J connectivity index is 1.23. The molecule has 0 saturated carbocycles. The molecule has 0 radical (unpaired) electrons. The van der Waals surface area contributed by atoms with Crippen molar-refractivity contribution in [3.63, 3.8) is 0 Å². The first-order valence-electron chi connectivity index (χ1n) is 12.6. The standard InChI is InChI=1S/C28H39N3O/c1-23-7-6-18-31(20-23)22-25-10-8-24(9-11-25)19-29-28(32)27-14-12-26(13-15-27)21-30-16-4-2-3-5-17-30/h8-15,23H,2-7,16-22H2,1H3,(H,29,32). The van der Waals surface area contributed by atoms with Crippen LogP contribution in [-0.4, -0.2) is 41.9 Å². The van der Waals surface area contributed by atoms with E-state index in [0.29, 0.717) is 6.54 Å². The van der Waals surface area contributed by atoms with Crippen molar-refractivity contribution in [3.8, 4) is 0 Å². The van der Waals surface area contributed by atoms with Crippen molar-refractivity contribution < 1.29 is 4.79 Å². The minimum Gasteiger partial charge on any atom is -0.348 e. The molecular formula is C28H39N3O. The fourth-order valence-corrected chi connectivity index (χ4v) is 5.05. The van der Waals surface area contributed by atoms with Crippen molar-refractivity contribution in [3.05, 3.63) is 70.8 Å².